The maximum absolute atomic E-state index is 11.4. The Bertz CT molecular complexity index is 245. The van der Waals surface area contributed by atoms with Crippen molar-refractivity contribution < 1.29 is 8.42 Å². The molecule has 0 aromatic heterocycles. The fourth-order valence-electron chi connectivity index (χ4n) is 0.900. The van der Waals surface area contributed by atoms with E-state index in [2.05, 4.69) is 26.1 Å². The summed E-state index contributed by atoms with van der Waals surface area (Å²) in [4.78, 5) is 0. The van der Waals surface area contributed by atoms with Crippen LogP contribution in [-0.2, 0) is 9.84 Å². The lowest BCUT2D eigenvalue weighted by atomic mass is 10.1. The van der Waals surface area contributed by atoms with Gasteiger partial charge in [-0.3, -0.25) is 0 Å². The Labute approximate surface area is 88.2 Å². The van der Waals surface area contributed by atoms with Crippen LogP contribution in [0.3, 0.4) is 0 Å². The van der Waals surface area contributed by atoms with E-state index in [4.69, 9.17) is 0 Å². The lowest BCUT2D eigenvalue weighted by Crippen LogP contribution is -2.35. The average Bonchev–Trinajstić information content (AvgIpc) is 2.03. The number of sulfone groups is 1. The van der Waals surface area contributed by atoms with Crippen molar-refractivity contribution in [3.05, 3.63) is 0 Å². The summed E-state index contributed by atoms with van der Waals surface area (Å²) in [6, 6.07) is 0.373. The zero-order chi connectivity index (χ0) is 11.4. The van der Waals surface area contributed by atoms with Gasteiger partial charge < -0.3 is 5.32 Å². The quantitative estimate of drug-likeness (QED) is 0.738. The summed E-state index contributed by atoms with van der Waals surface area (Å²) >= 11 is 0. The smallest absolute Gasteiger partial charge is 0.153 e. The molecule has 86 valence electrons. The Morgan fingerprint density at radius 1 is 1.07 bits per heavy atom. The normalized spacial score (nSPS) is 15.1. The van der Waals surface area contributed by atoms with Crippen molar-refractivity contribution >= 4 is 9.84 Å². The van der Waals surface area contributed by atoms with Crippen molar-refractivity contribution in [1.29, 1.82) is 0 Å². The minimum atomic E-state index is -2.88. The lowest BCUT2D eigenvalue weighted by molar-refractivity contribution is 0.436. The Kier molecular flexibility index (Phi) is 5.67. The van der Waals surface area contributed by atoms with E-state index in [1.54, 1.807) is 13.8 Å². The summed E-state index contributed by atoms with van der Waals surface area (Å²) < 4.78 is 22.9. The van der Waals surface area contributed by atoms with E-state index in [0.717, 1.165) is 0 Å². The second-order valence-corrected chi connectivity index (χ2v) is 7.08. The van der Waals surface area contributed by atoms with Gasteiger partial charge in [-0.25, -0.2) is 8.42 Å². The molecule has 14 heavy (non-hydrogen) atoms. The van der Waals surface area contributed by atoms with E-state index in [-0.39, 0.29) is 11.0 Å². The predicted molar refractivity (Wildman–Crippen MR) is 61.2 cm³/mol. The van der Waals surface area contributed by atoms with E-state index in [1.165, 1.54) is 0 Å². The van der Waals surface area contributed by atoms with Gasteiger partial charge >= 0.3 is 0 Å². The molecule has 0 saturated carbocycles. The van der Waals surface area contributed by atoms with Gasteiger partial charge in [0.25, 0.3) is 0 Å². The minimum Gasteiger partial charge on any atom is -0.313 e. The molecule has 1 atom stereocenters. The molecule has 0 aliphatic heterocycles. The molecule has 0 aliphatic rings. The number of hydrogen-bond acceptors (Lipinski definition) is 3. The summed E-state index contributed by atoms with van der Waals surface area (Å²) in [7, 11) is -2.88. The second kappa shape index (κ2) is 5.71. The SMILES string of the molecule is CC(C)C(C)NCCS(=O)(=O)C(C)C. The molecule has 0 aliphatic carbocycles. The zero-order valence-electron chi connectivity index (χ0n) is 9.87. The highest BCUT2D eigenvalue weighted by molar-refractivity contribution is 7.92. The second-order valence-electron chi connectivity index (χ2n) is 4.40. The van der Waals surface area contributed by atoms with Crippen LogP contribution in [0.2, 0.25) is 0 Å². The van der Waals surface area contributed by atoms with Gasteiger partial charge in [-0.15, -0.1) is 0 Å². The van der Waals surface area contributed by atoms with E-state index >= 15 is 0 Å². The third kappa shape index (κ3) is 4.96. The van der Waals surface area contributed by atoms with Crippen LogP contribution in [0.15, 0.2) is 0 Å². The molecular formula is C10H23NO2S. The summed E-state index contributed by atoms with van der Waals surface area (Å²) in [5, 5.41) is 2.95. The first kappa shape index (κ1) is 13.9. The van der Waals surface area contributed by atoms with Gasteiger partial charge in [0.1, 0.15) is 0 Å². The highest BCUT2D eigenvalue weighted by atomic mass is 32.2. The van der Waals surface area contributed by atoms with Gasteiger partial charge in [0, 0.05) is 12.6 Å². The van der Waals surface area contributed by atoms with Crippen LogP contribution in [0.5, 0.6) is 0 Å². The van der Waals surface area contributed by atoms with E-state index < -0.39 is 9.84 Å². The predicted octanol–water partition coefficient (Wildman–Crippen LogP) is 1.44. The molecule has 4 heteroatoms. The van der Waals surface area contributed by atoms with Crippen LogP contribution in [-0.4, -0.2) is 32.0 Å². The molecule has 0 aromatic rings. The van der Waals surface area contributed by atoms with Crippen molar-refractivity contribution in [2.24, 2.45) is 5.92 Å². The molecule has 0 spiro atoms. The first-order valence-electron chi connectivity index (χ1n) is 5.22. The van der Waals surface area contributed by atoms with Crippen molar-refractivity contribution in [1.82, 2.24) is 5.32 Å². The van der Waals surface area contributed by atoms with Crippen molar-refractivity contribution in [3.8, 4) is 0 Å². The highest BCUT2D eigenvalue weighted by Gasteiger charge is 2.16. The molecule has 1 N–H and O–H groups in total. The first-order valence-corrected chi connectivity index (χ1v) is 6.94. The van der Waals surface area contributed by atoms with Crippen molar-refractivity contribution in [3.63, 3.8) is 0 Å². The average molecular weight is 221 g/mol. The minimum absolute atomic E-state index is 0.238. The van der Waals surface area contributed by atoms with Crippen LogP contribution in [0, 0.1) is 5.92 Å². The topological polar surface area (TPSA) is 46.2 Å². The molecular weight excluding hydrogens is 198 g/mol. The monoisotopic (exact) mass is 221 g/mol. The third-order valence-electron chi connectivity index (χ3n) is 2.57. The number of rotatable bonds is 6. The highest BCUT2D eigenvalue weighted by Crippen LogP contribution is 2.02. The molecule has 0 saturated heterocycles. The van der Waals surface area contributed by atoms with Crippen LogP contribution >= 0.6 is 0 Å². The van der Waals surface area contributed by atoms with Gasteiger partial charge in [0.05, 0.1) is 11.0 Å². The maximum Gasteiger partial charge on any atom is 0.153 e. The van der Waals surface area contributed by atoms with Gasteiger partial charge in [-0.1, -0.05) is 13.8 Å². The Balaban J connectivity index is 3.86. The van der Waals surface area contributed by atoms with E-state index in [0.29, 0.717) is 18.5 Å². The van der Waals surface area contributed by atoms with Gasteiger partial charge in [0.2, 0.25) is 0 Å². The summed E-state index contributed by atoms with van der Waals surface area (Å²) in [5.41, 5.74) is 0. The van der Waals surface area contributed by atoms with Crippen LogP contribution < -0.4 is 5.32 Å². The van der Waals surface area contributed by atoms with E-state index in [9.17, 15) is 8.42 Å². The Morgan fingerprint density at radius 2 is 1.57 bits per heavy atom. The third-order valence-corrected chi connectivity index (χ3v) is 4.78. The van der Waals surface area contributed by atoms with Gasteiger partial charge in [-0.2, -0.15) is 0 Å². The maximum atomic E-state index is 11.4. The first-order chi connectivity index (χ1) is 6.27. The van der Waals surface area contributed by atoms with Crippen LogP contribution in [0.25, 0.3) is 0 Å². The fraction of sp³-hybridized carbons (Fsp3) is 1.00. The largest absolute Gasteiger partial charge is 0.313 e. The van der Waals surface area contributed by atoms with Gasteiger partial charge in [0.15, 0.2) is 9.84 Å². The molecule has 0 rings (SSSR count). The number of hydrogen-bond donors (Lipinski definition) is 1. The van der Waals surface area contributed by atoms with Crippen LogP contribution in [0.1, 0.15) is 34.6 Å². The Hall–Kier alpha value is -0.0900. The van der Waals surface area contributed by atoms with Gasteiger partial charge in [-0.05, 0) is 26.7 Å². The zero-order valence-corrected chi connectivity index (χ0v) is 10.7. The fourth-order valence-corrected chi connectivity index (χ4v) is 1.77. The standard InChI is InChI=1S/C10H23NO2S/c1-8(2)10(5)11-6-7-14(12,13)9(3)4/h8-11H,6-7H2,1-5H3. The summed E-state index contributed by atoms with van der Waals surface area (Å²) in [5.74, 6) is 0.776. The molecule has 0 amide bonds. The van der Waals surface area contributed by atoms with Crippen molar-refractivity contribution in [2.45, 2.75) is 45.9 Å². The Morgan fingerprint density at radius 3 is 1.93 bits per heavy atom. The molecule has 3 nitrogen and oxygen atoms in total. The van der Waals surface area contributed by atoms with Crippen molar-refractivity contribution in [2.75, 3.05) is 12.3 Å². The number of nitrogens with one attached hydrogen (secondary N) is 1. The molecule has 0 bridgehead atoms. The van der Waals surface area contributed by atoms with Crippen LogP contribution in [0.4, 0.5) is 0 Å². The van der Waals surface area contributed by atoms with E-state index in [1.807, 2.05) is 0 Å². The molecule has 0 fully saturated rings. The molecule has 0 heterocycles. The summed E-state index contributed by atoms with van der Waals surface area (Å²) in [6.07, 6.45) is 0. The molecule has 1 unspecified atom stereocenters. The summed E-state index contributed by atoms with van der Waals surface area (Å²) in [6.45, 7) is 10.3. The molecule has 0 aromatic carbocycles. The molecule has 0 radical (unpaired) electrons. The lowest BCUT2D eigenvalue weighted by Gasteiger charge is -2.17.